The van der Waals surface area contributed by atoms with Crippen LogP contribution in [0.25, 0.3) is 0 Å². The molecule has 7 heteroatoms. The summed E-state index contributed by atoms with van der Waals surface area (Å²) in [6, 6.07) is 15.0. The van der Waals surface area contributed by atoms with Crippen LogP contribution < -0.4 is 9.47 Å². The van der Waals surface area contributed by atoms with Crippen LogP contribution in [0.1, 0.15) is 31.9 Å². The SMILES string of the molecule is COc1cc(CC(C(=O)O)[C@H]2O[C@@H](C(C)(C)C)OC2=O)ccc1OCc1ccccc1. The monoisotopic (exact) mass is 428 g/mol. The Morgan fingerprint density at radius 3 is 2.39 bits per heavy atom. The molecule has 1 unspecified atom stereocenters. The molecule has 2 aromatic carbocycles. The molecule has 1 aliphatic rings. The van der Waals surface area contributed by atoms with E-state index >= 15 is 0 Å². The van der Waals surface area contributed by atoms with Crippen LogP contribution in [0.5, 0.6) is 11.5 Å². The summed E-state index contributed by atoms with van der Waals surface area (Å²) in [6.07, 6.45) is -1.86. The van der Waals surface area contributed by atoms with Crippen molar-refractivity contribution in [2.45, 2.75) is 46.2 Å². The Balaban J connectivity index is 1.73. The fourth-order valence-corrected chi connectivity index (χ4v) is 3.30. The van der Waals surface area contributed by atoms with Gasteiger partial charge in [0.15, 0.2) is 17.6 Å². The highest BCUT2D eigenvalue weighted by Crippen LogP contribution is 2.34. The van der Waals surface area contributed by atoms with Crippen LogP contribution in [-0.4, -0.2) is 36.5 Å². The lowest BCUT2D eigenvalue weighted by Gasteiger charge is -2.25. The number of methoxy groups -OCH3 is 1. The summed E-state index contributed by atoms with van der Waals surface area (Å²) >= 11 is 0. The van der Waals surface area contributed by atoms with Gasteiger partial charge in [0.1, 0.15) is 6.61 Å². The molecule has 3 atom stereocenters. The number of carbonyl (C=O) groups excluding carboxylic acids is 1. The average molecular weight is 428 g/mol. The maximum Gasteiger partial charge on any atom is 0.338 e. The number of rotatable bonds is 8. The zero-order chi connectivity index (χ0) is 22.6. The van der Waals surface area contributed by atoms with Gasteiger partial charge in [0.2, 0.25) is 6.29 Å². The minimum atomic E-state index is -1.17. The number of aliphatic carboxylic acids is 1. The van der Waals surface area contributed by atoms with Crippen LogP contribution in [-0.2, 0) is 32.1 Å². The molecule has 0 saturated carbocycles. The predicted molar refractivity (Wildman–Crippen MR) is 113 cm³/mol. The van der Waals surface area contributed by atoms with Gasteiger partial charge < -0.3 is 24.1 Å². The fourth-order valence-electron chi connectivity index (χ4n) is 3.30. The maximum atomic E-state index is 12.3. The average Bonchev–Trinajstić information content (AvgIpc) is 3.13. The maximum absolute atomic E-state index is 12.3. The van der Waals surface area contributed by atoms with E-state index in [1.807, 2.05) is 51.1 Å². The van der Waals surface area contributed by atoms with Gasteiger partial charge in [-0.3, -0.25) is 4.79 Å². The zero-order valence-electron chi connectivity index (χ0n) is 18.2. The molecule has 166 valence electrons. The topological polar surface area (TPSA) is 91.3 Å². The number of esters is 1. The van der Waals surface area contributed by atoms with Gasteiger partial charge in [-0.05, 0) is 29.7 Å². The van der Waals surface area contributed by atoms with Gasteiger partial charge in [0, 0.05) is 5.41 Å². The van der Waals surface area contributed by atoms with Gasteiger partial charge in [-0.15, -0.1) is 0 Å². The van der Waals surface area contributed by atoms with Crippen molar-refractivity contribution in [3.8, 4) is 11.5 Å². The summed E-state index contributed by atoms with van der Waals surface area (Å²) in [5, 5.41) is 9.75. The van der Waals surface area contributed by atoms with Crippen LogP contribution in [0.2, 0.25) is 0 Å². The first-order valence-corrected chi connectivity index (χ1v) is 10.1. The second-order valence-electron chi connectivity index (χ2n) is 8.60. The Morgan fingerprint density at radius 1 is 1.10 bits per heavy atom. The summed E-state index contributed by atoms with van der Waals surface area (Å²) in [4.78, 5) is 24.2. The highest BCUT2D eigenvalue weighted by atomic mass is 16.8. The van der Waals surface area contributed by atoms with Crippen LogP contribution in [0, 0.1) is 11.3 Å². The third kappa shape index (κ3) is 5.55. The molecule has 0 bridgehead atoms. The first-order chi connectivity index (χ1) is 14.7. The number of carboxylic acid groups (broad SMARTS) is 1. The van der Waals surface area contributed by atoms with E-state index in [0.29, 0.717) is 23.7 Å². The molecule has 31 heavy (non-hydrogen) atoms. The largest absolute Gasteiger partial charge is 0.493 e. The van der Waals surface area contributed by atoms with E-state index in [-0.39, 0.29) is 6.42 Å². The molecule has 1 aliphatic heterocycles. The van der Waals surface area contributed by atoms with Crippen LogP contribution in [0.15, 0.2) is 48.5 Å². The molecule has 2 aromatic rings. The smallest absolute Gasteiger partial charge is 0.338 e. The van der Waals surface area contributed by atoms with E-state index in [0.717, 1.165) is 5.56 Å². The van der Waals surface area contributed by atoms with Gasteiger partial charge >= 0.3 is 11.9 Å². The number of carboxylic acids is 1. The number of ether oxygens (including phenoxy) is 4. The van der Waals surface area contributed by atoms with Gasteiger partial charge in [-0.25, -0.2) is 4.79 Å². The summed E-state index contributed by atoms with van der Waals surface area (Å²) < 4.78 is 22.2. The van der Waals surface area contributed by atoms with Crippen molar-refractivity contribution in [2.24, 2.45) is 11.3 Å². The molecule has 0 radical (unpaired) electrons. The number of hydrogen-bond donors (Lipinski definition) is 1. The first-order valence-electron chi connectivity index (χ1n) is 10.1. The lowest BCUT2D eigenvalue weighted by Crippen LogP contribution is -2.35. The number of hydrogen-bond acceptors (Lipinski definition) is 6. The van der Waals surface area contributed by atoms with Crippen LogP contribution in [0.4, 0.5) is 0 Å². The second-order valence-corrected chi connectivity index (χ2v) is 8.60. The molecule has 3 rings (SSSR count). The summed E-state index contributed by atoms with van der Waals surface area (Å²) in [5.41, 5.74) is 1.26. The lowest BCUT2D eigenvalue weighted by molar-refractivity contribution is -0.155. The molecule has 0 spiro atoms. The molecule has 1 saturated heterocycles. The van der Waals surface area contributed by atoms with Gasteiger partial charge in [0.25, 0.3) is 0 Å². The van der Waals surface area contributed by atoms with Crippen molar-refractivity contribution in [3.63, 3.8) is 0 Å². The number of cyclic esters (lactones) is 1. The van der Waals surface area contributed by atoms with Crippen molar-refractivity contribution < 1.29 is 33.6 Å². The van der Waals surface area contributed by atoms with Crippen LogP contribution in [0.3, 0.4) is 0 Å². The number of benzene rings is 2. The quantitative estimate of drug-likeness (QED) is 0.639. The highest BCUT2D eigenvalue weighted by molar-refractivity contribution is 5.84. The first kappa shape index (κ1) is 22.6. The van der Waals surface area contributed by atoms with Crippen molar-refractivity contribution in [1.29, 1.82) is 0 Å². The van der Waals surface area contributed by atoms with E-state index in [2.05, 4.69) is 0 Å². The molecule has 1 heterocycles. The molecule has 0 aliphatic carbocycles. The van der Waals surface area contributed by atoms with Gasteiger partial charge in [-0.1, -0.05) is 57.2 Å². The summed E-state index contributed by atoms with van der Waals surface area (Å²) in [7, 11) is 1.52. The Kier molecular flexibility index (Phi) is 6.85. The number of carbonyl (C=O) groups is 2. The molecule has 0 aromatic heterocycles. The zero-order valence-corrected chi connectivity index (χ0v) is 18.2. The predicted octanol–water partition coefficient (Wildman–Crippen LogP) is 3.83. The Bertz CT molecular complexity index is 917. The fraction of sp³-hybridized carbons (Fsp3) is 0.417. The Hall–Kier alpha value is -3.06. The Labute approximate surface area is 181 Å². The van der Waals surface area contributed by atoms with Gasteiger partial charge in [-0.2, -0.15) is 0 Å². The molecular formula is C24H28O7. The third-order valence-electron chi connectivity index (χ3n) is 5.04. The normalized spacial score (nSPS) is 19.5. The van der Waals surface area contributed by atoms with Crippen molar-refractivity contribution in [3.05, 3.63) is 59.7 Å². The van der Waals surface area contributed by atoms with Crippen molar-refractivity contribution in [2.75, 3.05) is 7.11 Å². The van der Waals surface area contributed by atoms with E-state index in [1.165, 1.54) is 7.11 Å². The molecule has 0 amide bonds. The van der Waals surface area contributed by atoms with E-state index < -0.39 is 35.7 Å². The minimum Gasteiger partial charge on any atom is -0.493 e. The van der Waals surface area contributed by atoms with E-state index in [4.69, 9.17) is 18.9 Å². The molecule has 7 nitrogen and oxygen atoms in total. The van der Waals surface area contributed by atoms with E-state index in [1.54, 1.807) is 18.2 Å². The highest BCUT2D eigenvalue weighted by Gasteiger charge is 2.47. The van der Waals surface area contributed by atoms with E-state index in [9.17, 15) is 14.7 Å². The van der Waals surface area contributed by atoms with Crippen molar-refractivity contribution in [1.82, 2.24) is 0 Å². The van der Waals surface area contributed by atoms with Gasteiger partial charge in [0.05, 0.1) is 13.0 Å². The van der Waals surface area contributed by atoms with Crippen molar-refractivity contribution >= 4 is 11.9 Å². The summed E-state index contributed by atoms with van der Waals surface area (Å²) in [6.45, 7) is 5.97. The van der Waals surface area contributed by atoms with Crippen LogP contribution >= 0.6 is 0 Å². The lowest BCUT2D eigenvalue weighted by atomic mass is 9.93. The third-order valence-corrected chi connectivity index (χ3v) is 5.04. The summed E-state index contributed by atoms with van der Waals surface area (Å²) in [5.74, 6) is -1.83. The minimum absolute atomic E-state index is 0.0846. The molecule has 1 N–H and O–H groups in total. The Morgan fingerprint density at radius 2 is 1.81 bits per heavy atom. The second kappa shape index (κ2) is 9.39. The molecule has 1 fully saturated rings. The molecular weight excluding hydrogens is 400 g/mol. The standard InChI is InChI=1S/C24H28O7/c1-24(2,3)23-30-20(22(27)31-23)17(21(25)26)12-16-10-11-18(19(13-16)28-4)29-14-15-8-6-5-7-9-15/h5-11,13,17,20,23H,12,14H2,1-4H3,(H,25,26)/t17?,20-,23-/m1/s1.